The molecule has 2 aromatic rings. The molecule has 0 spiro atoms. The summed E-state index contributed by atoms with van der Waals surface area (Å²) in [7, 11) is 1.80. The van der Waals surface area contributed by atoms with Gasteiger partial charge in [0.25, 0.3) is 0 Å². The molecule has 0 amide bonds. The third-order valence-electron chi connectivity index (χ3n) is 4.25. The maximum Gasteiger partial charge on any atom is 0.191 e. The summed E-state index contributed by atoms with van der Waals surface area (Å²) in [4.78, 5) is 8.61. The molecule has 0 bridgehead atoms. The monoisotopic (exact) mass is 436 g/mol. The Hall–Kier alpha value is -1.63. The molecule has 1 heterocycles. The average molecular weight is 436 g/mol. The molecular formula is C19H25IN4. The molecule has 0 aliphatic heterocycles. The minimum Gasteiger partial charge on any atom is -0.356 e. The molecule has 128 valence electrons. The molecule has 1 aromatic carbocycles. The third-order valence-corrected chi connectivity index (χ3v) is 4.25. The topological polar surface area (TPSA) is 49.3 Å². The van der Waals surface area contributed by atoms with E-state index in [4.69, 9.17) is 0 Å². The van der Waals surface area contributed by atoms with Crippen molar-refractivity contribution in [2.45, 2.75) is 32.2 Å². The van der Waals surface area contributed by atoms with Gasteiger partial charge in [-0.05, 0) is 48.1 Å². The van der Waals surface area contributed by atoms with Crippen LogP contribution < -0.4 is 10.6 Å². The highest BCUT2D eigenvalue weighted by Gasteiger charge is 2.10. The summed E-state index contributed by atoms with van der Waals surface area (Å²) in [5.41, 5.74) is 5.45. The summed E-state index contributed by atoms with van der Waals surface area (Å²) in [6, 6.07) is 12.8. The summed E-state index contributed by atoms with van der Waals surface area (Å²) >= 11 is 0. The average Bonchev–Trinajstić information content (AvgIpc) is 3.06. The van der Waals surface area contributed by atoms with E-state index in [-0.39, 0.29) is 24.0 Å². The summed E-state index contributed by atoms with van der Waals surface area (Å²) in [6.07, 6.45) is 6.47. The molecular weight excluding hydrogens is 411 g/mol. The number of fused-ring (bicyclic) bond motifs is 1. The highest BCUT2D eigenvalue weighted by molar-refractivity contribution is 14.0. The first-order chi connectivity index (χ1) is 11.3. The Morgan fingerprint density at radius 2 is 2.00 bits per heavy atom. The molecule has 0 atom stereocenters. The van der Waals surface area contributed by atoms with E-state index < -0.39 is 0 Å². The Kier molecular flexibility index (Phi) is 7.49. The summed E-state index contributed by atoms with van der Waals surface area (Å²) in [5, 5.41) is 6.72. The summed E-state index contributed by atoms with van der Waals surface area (Å²) < 4.78 is 0. The second-order valence-corrected chi connectivity index (χ2v) is 5.88. The van der Waals surface area contributed by atoms with E-state index >= 15 is 0 Å². The van der Waals surface area contributed by atoms with Gasteiger partial charge < -0.3 is 10.6 Å². The zero-order valence-electron chi connectivity index (χ0n) is 14.1. The van der Waals surface area contributed by atoms with Gasteiger partial charge in [-0.3, -0.25) is 9.98 Å². The molecule has 1 aromatic heterocycles. The van der Waals surface area contributed by atoms with Crippen LogP contribution in [-0.4, -0.2) is 24.5 Å². The van der Waals surface area contributed by atoms with Gasteiger partial charge in [0.05, 0.1) is 0 Å². The van der Waals surface area contributed by atoms with Crippen LogP contribution in [0.2, 0.25) is 0 Å². The van der Waals surface area contributed by atoms with E-state index in [1.165, 1.54) is 36.0 Å². The predicted octanol–water partition coefficient (Wildman–Crippen LogP) is 3.10. The zero-order chi connectivity index (χ0) is 15.9. The van der Waals surface area contributed by atoms with Gasteiger partial charge in [0.1, 0.15) is 0 Å². The van der Waals surface area contributed by atoms with Gasteiger partial charge in [0.15, 0.2) is 5.96 Å². The molecule has 24 heavy (non-hydrogen) atoms. The van der Waals surface area contributed by atoms with E-state index in [1.807, 2.05) is 24.4 Å². The van der Waals surface area contributed by atoms with Gasteiger partial charge in [0, 0.05) is 38.4 Å². The molecule has 0 saturated carbocycles. The lowest BCUT2D eigenvalue weighted by atomic mass is 10.1. The maximum absolute atomic E-state index is 4.33. The van der Waals surface area contributed by atoms with E-state index in [1.54, 1.807) is 7.05 Å². The number of aromatic nitrogens is 1. The minimum atomic E-state index is 0. The lowest BCUT2D eigenvalue weighted by Crippen LogP contribution is -2.37. The SMILES string of the molecule is CN=C(NCCc1ccccn1)NCc1ccc2c(c1)CCC2.I. The first-order valence-corrected chi connectivity index (χ1v) is 8.30. The van der Waals surface area contributed by atoms with Crippen molar-refractivity contribution in [2.24, 2.45) is 4.99 Å². The number of nitrogens with one attached hydrogen (secondary N) is 2. The number of aliphatic imine (C=N–C) groups is 1. The Morgan fingerprint density at radius 1 is 1.12 bits per heavy atom. The second kappa shape index (κ2) is 9.61. The molecule has 4 nitrogen and oxygen atoms in total. The third kappa shape index (κ3) is 5.19. The largest absolute Gasteiger partial charge is 0.356 e. The van der Waals surface area contributed by atoms with Gasteiger partial charge in [-0.25, -0.2) is 0 Å². The normalized spacial score (nSPS) is 13.1. The van der Waals surface area contributed by atoms with Crippen LogP contribution in [-0.2, 0) is 25.8 Å². The number of hydrogen-bond donors (Lipinski definition) is 2. The van der Waals surface area contributed by atoms with Gasteiger partial charge in [-0.1, -0.05) is 24.3 Å². The lowest BCUT2D eigenvalue weighted by Gasteiger charge is -2.12. The smallest absolute Gasteiger partial charge is 0.191 e. The number of guanidine groups is 1. The molecule has 0 radical (unpaired) electrons. The minimum absolute atomic E-state index is 0. The van der Waals surface area contributed by atoms with Crippen LogP contribution in [0.3, 0.4) is 0 Å². The van der Waals surface area contributed by atoms with Crippen molar-refractivity contribution in [3.8, 4) is 0 Å². The van der Waals surface area contributed by atoms with E-state index in [0.29, 0.717) is 0 Å². The number of hydrogen-bond acceptors (Lipinski definition) is 2. The highest BCUT2D eigenvalue weighted by Crippen LogP contribution is 2.22. The summed E-state index contributed by atoms with van der Waals surface area (Å²) in [6.45, 7) is 1.62. The lowest BCUT2D eigenvalue weighted by molar-refractivity contribution is 0.784. The van der Waals surface area contributed by atoms with Crippen molar-refractivity contribution in [1.82, 2.24) is 15.6 Å². The molecule has 1 aliphatic carbocycles. The molecule has 5 heteroatoms. The fourth-order valence-electron chi connectivity index (χ4n) is 3.00. The van der Waals surface area contributed by atoms with Gasteiger partial charge in [-0.15, -0.1) is 24.0 Å². The Balaban J connectivity index is 0.00000208. The number of nitrogens with zero attached hydrogens (tertiary/aromatic N) is 2. The molecule has 0 unspecified atom stereocenters. The fraction of sp³-hybridized carbons (Fsp3) is 0.368. The van der Waals surface area contributed by atoms with Crippen molar-refractivity contribution in [1.29, 1.82) is 0 Å². The van der Waals surface area contributed by atoms with Crippen LogP contribution in [0.1, 0.15) is 28.8 Å². The van der Waals surface area contributed by atoms with Crippen molar-refractivity contribution < 1.29 is 0 Å². The number of aryl methyl sites for hydroxylation is 2. The van der Waals surface area contributed by atoms with E-state index in [0.717, 1.165) is 31.2 Å². The zero-order valence-corrected chi connectivity index (χ0v) is 16.4. The standard InChI is InChI=1S/C19H24N4.HI/c1-20-19(22-12-10-18-7-2-3-11-21-18)23-14-15-8-9-16-5-4-6-17(16)13-15;/h2-3,7-9,11,13H,4-6,10,12,14H2,1H3,(H2,20,22,23);1H. The second-order valence-electron chi connectivity index (χ2n) is 5.88. The number of rotatable bonds is 5. The Bertz CT molecular complexity index is 670. The Morgan fingerprint density at radius 3 is 2.79 bits per heavy atom. The fourth-order valence-corrected chi connectivity index (χ4v) is 3.00. The van der Waals surface area contributed by atoms with Gasteiger partial charge in [0.2, 0.25) is 0 Å². The quantitative estimate of drug-likeness (QED) is 0.430. The number of benzene rings is 1. The van der Waals surface area contributed by atoms with Crippen molar-refractivity contribution in [3.05, 3.63) is 65.0 Å². The maximum atomic E-state index is 4.33. The van der Waals surface area contributed by atoms with Crippen molar-refractivity contribution >= 4 is 29.9 Å². The van der Waals surface area contributed by atoms with Gasteiger partial charge >= 0.3 is 0 Å². The predicted molar refractivity (Wildman–Crippen MR) is 110 cm³/mol. The van der Waals surface area contributed by atoms with Crippen LogP contribution in [0.5, 0.6) is 0 Å². The summed E-state index contributed by atoms with van der Waals surface area (Å²) in [5.74, 6) is 0.835. The molecule has 0 saturated heterocycles. The Labute approximate surface area is 161 Å². The van der Waals surface area contributed by atoms with Crippen molar-refractivity contribution in [2.75, 3.05) is 13.6 Å². The van der Waals surface area contributed by atoms with E-state index in [2.05, 4.69) is 38.8 Å². The van der Waals surface area contributed by atoms with Crippen LogP contribution in [0.15, 0.2) is 47.6 Å². The molecule has 1 aliphatic rings. The first-order valence-electron chi connectivity index (χ1n) is 8.30. The molecule has 3 rings (SSSR count). The number of halogens is 1. The molecule has 2 N–H and O–H groups in total. The van der Waals surface area contributed by atoms with Gasteiger partial charge in [-0.2, -0.15) is 0 Å². The first kappa shape index (κ1) is 18.7. The van der Waals surface area contributed by atoms with Crippen molar-refractivity contribution in [3.63, 3.8) is 0 Å². The van der Waals surface area contributed by atoms with Crippen LogP contribution in [0.25, 0.3) is 0 Å². The van der Waals surface area contributed by atoms with Crippen LogP contribution in [0, 0.1) is 0 Å². The number of pyridine rings is 1. The van der Waals surface area contributed by atoms with Crippen LogP contribution in [0.4, 0.5) is 0 Å². The van der Waals surface area contributed by atoms with E-state index in [9.17, 15) is 0 Å². The molecule has 0 fully saturated rings. The van der Waals surface area contributed by atoms with Crippen LogP contribution >= 0.6 is 24.0 Å². The highest BCUT2D eigenvalue weighted by atomic mass is 127.